The summed E-state index contributed by atoms with van der Waals surface area (Å²) in [6.45, 7) is 0. The van der Waals surface area contributed by atoms with Gasteiger partial charge in [0.05, 0.1) is 16.0 Å². The zero-order valence-electron chi connectivity index (χ0n) is 14.7. The fourth-order valence-corrected chi connectivity index (χ4v) is 2.94. The number of hydrogen-bond donors (Lipinski definition) is 3. The van der Waals surface area contributed by atoms with E-state index in [1.54, 1.807) is 12.3 Å². The second-order valence-electron chi connectivity index (χ2n) is 6.21. The molecule has 0 saturated carbocycles. The van der Waals surface area contributed by atoms with E-state index in [0.29, 0.717) is 22.2 Å². The van der Waals surface area contributed by atoms with Crippen molar-refractivity contribution in [3.05, 3.63) is 94.7 Å². The highest BCUT2D eigenvalue weighted by molar-refractivity contribution is 6.13. The molecule has 0 saturated heterocycles. The summed E-state index contributed by atoms with van der Waals surface area (Å²) in [5.74, 6) is -0.288. The third-order valence-electron chi connectivity index (χ3n) is 4.33. The first-order valence-electron chi connectivity index (χ1n) is 8.59. The summed E-state index contributed by atoms with van der Waals surface area (Å²) in [6, 6.07) is 21.5. The van der Waals surface area contributed by atoms with Crippen molar-refractivity contribution in [3.63, 3.8) is 0 Å². The monoisotopic (exact) mass is 372 g/mol. The Kier molecular flexibility index (Phi) is 4.47. The number of H-pyrrole nitrogens is 1. The number of rotatable bonds is 5. The zero-order chi connectivity index (χ0) is 19.5. The maximum Gasteiger partial charge on any atom is 0.271 e. The number of carbonyl (C=O) groups is 1. The lowest BCUT2D eigenvalue weighted by Crippen LogP contribution is -2.11. The standard InChI is InChI=1S/C21H16N4O3/c26-21(19-13-22-20-12-17(25(27)28)10-11-18(19)20)24-16-8-6-15(7-9-16)23-14-4-2-1-3-5-14/h1-13,22-23H,(H,24,26). The Morgan fingerprint density at radius 2 is 1.57 bits per heavy atom. The predicted molar refractivity (Wildman–Crippen MR) is 109 cm³/mol. The van der Waals surface area contributed by atoms with E-state index < -0.39 is 4.92 Å². The molecule has 4 aromatic rings. The van der Waals surface area contributed by atoms with Crippen LogP contribution in [0.5, 0.6) is 0 Å². The van der Waals surface area contributed by atoms with E-state index in [4.69, 9.17) is 0 Å². The highest BCUT2D eigenvalue weighted by atomic mass is 16.6. The fraction of sp³-hybridized carbons (Fsp3) is 0. The Morgan fingerprint density at radius 1 is 0.893 bits per heavy atom. The van der Waals surface area contributed by atoms with E-state index >= 15 is 0 Å². The van der Waals surface area contributed by atoms with Crippen LogP contribution in [-0.2, 0) is 0 Å². The van der Waals surface area contributed by atoms with Crippen LogP contribution in [0.15, 0.2) is 79.0 Å². The van der Waals surface area contributed by atoms with Gasteiger partial charge in [-0.25, -0.2) is 0 Å². The molecule has 138 valence electrons. The number of nitrogens with zero attached hydrogens (tertiary/aromatic N) is 1. The molecule has 1 amide bonds. The molecule has 3 aromatic carbocycles. The summed E-state index contributed by atoms with van der Waals surface area (Å²) in [5, 5.41) is 17.6. The molecule has 4 rings (SSSR count). The number of aromatic amines is 1. The van der Waals surface area contributed by atoms with Crippen LogP contribution in [0.25, 0.3) is 10.9 Å². The maximum absolute atomic E-state index is 12.6. The van der Waals surface area contributed by atoms with Gasteiger partial charge in [-0.2, -0.15) is 0 Å². The Hall–Kier alpha value is -4.13. The van der Waals surface area contributed by atoms with E-state index in [1.807, 2.05) is 54.6 Å². The van der Waals surface area contributed by atoms with Crippen LogP contribution in [0.2, 0.25) is 0 Å². The number of non-ortho nitro benzene ring substituents is 1. The molecular weight excluding hydrogens is 356 g/mol. The Labute approximate surface area is 160 Å². The van der Waals surface area contributed by atoms with Gasteiger partial charge in [-0.05, 0) is 42.5 Å². The van der Waals surface area contributed by atoms with Gasteiger partial charge in [0.15, 0.2) is 0 Å². The van der Waals surface area contributed by atoms with Gasteiger partial charge in [-0.15, -0.1) is 0 Å². The zero-order valence-corrected chi connectivity index (χ0v) is 14.7. The van der Waals surface area contributed by atoms with Crippen molar-refractivity contribution in [3.8, 4) is 0 Å². The third kappa shape index (κ3) is 3.54. The van der Waals surface area contributed by atoms with Gasteiger partial charge in [-0.3, -0.25) is 14.9 Å². The highest BCUT2D eigenvalue weighted by Gasteiger charge is 2.15. The average Bonchev–Trinajstić information content (AvgIpc) is 3.13. The largest absolute Gasteiger partial charge is 0.360 e. The second-order valence-corrected chi connectivity index (χ2v) is 6.21. The number of hydrogen-bond acceptors (Lipinski definition) is 4. The number of carbonyl (C=O) groups excluding carboxylic acids is 1. The van der Waals surface area contributed by atoms with Crippen molar-refractivity contribution < 1.29 is 9.72 Å². The van der Waals surface area contributed by atoms with Crippen LogP contribution in [-0.4, -0.2) is 15.8 Å². The molecule has 7 nitrogen and oxygen atoms in total. The molecule has 28 heavy (non-hydrogen) atoms. The lowest BCUT2D eigenvalue weighted by atomic mass is 10.1. The molecule has 0 aliphatic heterocycles. The lowest BCUT2D eigenvalue weighted by molar-refractivity contribution is -0.384. The van der Waals surface area contributed by atoms with Crippen LogP contribution in [0.3, 0.4) is 0 Å². The summed E-state index contributed by atoms with van der Waals surface area (Å²) in [6.07, 6.45) is 1.55. The minimum Gasteiger partial charge on any atom is -0.360 e. The predicted octanol–water partition coefficient (Wildman–Crippen LogP) is 5.07. The summed E-state index contributed by atoms with van der Waals surface area (Å²) < 4.78 is 0. The van der Waals surface area contributed by atoms with Gasteiger partial charge < -0.3 is 15.6 Å². The molecule has 0 aliphatic carbocycles. The van der Waals surface area contributed by atoms with Gasteiger partial charge in [0, 0.05) is 40.8 Å². The molecular formula is C21H16N4O3. The number of nitro groups is 1. The Bertz CT molecular complexity index is 1150. The lowest BCUT2D eigenvalue weighted by Gasteiger charge is -2.08. The van der Waals surface area contributed by atoms with E-state index in [-0.39, 0.29) is 11.6 Å². The summed E-state index contributed by atoms with van der Waals surface area (Å²) in [5.41, 5.74) is 3.48. The van der Waals surface area contributed by atoms with Gasteiger partial charge in [0.1, 0.15) is 0 Å². The van der Waals surface area contributed by atoms with Crippen LogP contribution < -0.4 is 10.6 Å². The van der Waals surface area contributed by atoms with E-state index in [9.17, 15) is 14.9 Å². The molecule has 1 heterocycles. The minimum atomic E-state index is -0.467. The Balaban J connectivity index is 1.49. The average molecular weight is 372 g/mol. The molecule has 0 aliphatic rings. The number of fused-ring (bicyclic) bond motifs is 1. The third-order valence-corrected chi connectivity index (χ3v) is 4.33. The number of benzene rings is 3. The summed E-state index contributed by atoms with van der Waals surface area (Å²) in [4.78, 5) is 25.9. The molecule has 1 aromatic heterocycles. The number of para-hydroxylation sites is 1. The van der Waals surface area contributed by atoms with Crippen LogP contribution in [0, 0.1) is 10.1 Å². The van der Waals surface area contributed by atoms with Crippen molar-refractivity contribution in [2.45, 2.75) is 0 Å². The molecule has 0 unspecified atom stereocenters. The SMILES string of the molecule is O=C(Nc1ccc(Nc2ccccc2)cc1)c1c[nH]c2cc([N+](=O)[O-])ccc12. The first-order chi connectivity index (χ1) is 13.6. The van der Waals surface area contributed by atoms with Crippen LogP contribution in [0.4, 0.5) is 22.7 Å². The normalized spacial score (nSPS) is 10.6. The van der Waals surface area contributed by atoms with E-state index in [2.05, 4.69) is 15.6 Å². The number of nitro benzene ring substituents is 1. The van der Waals surface area contributed by atoms with Crippen molar-refractivity contribution in [2.75, 3.05) is 10.6 Å². The molecule has 0 bridgehead atoms. The van der Waals surface area contributed by atoms with Crippen molar-refractivity contribution in [1.82, 2.24) is 4.98 Å². The maximum atomic E-state index is 12.6. The Morgan fingerprint density at radius 3 is 2.29 bits per heavy atom. The van der Waals surface area contributed by atoms with Crippen molar-refractivity contribution in [1.29, 1.82) is 0 Å². The van der Waals surface area contributed by atoms with E-state index in [0.717, 1.165) is 11.4 Å². The molecule has 0 fully saturated rings. The van der Waals surface area contributed by atoms with Crippen LogP contribution >= 0.6 is 0 Å². The van der Waals surface area contributed by atoms with Gasteiger partial charge in [0.2, 0.25) is 0 Å². The smallest absolute Gasteiger partial charge is 0.271 e. The quantitative estimate of drug-likeness (QED) is 0.336. The summed E-state index contributed by atoms with van der Waals surface area (Å²) >= 11 is 0. The number of anilines is 3. The number of aromatic nitrogens is 1. The minimum absolute atomic E-state index is 0.0252. The fourth-order valence-electron chi connectivity index (χ4n) is 2.94. The topological polar surface area (TPSA) is 100 Å². The van der Waals surface area contributed by atoms with Crippen LogP contribution in [0.1, 0.15) is 10.4 Å². The summed E-state index contributed by atoms with van der Waals surface area (Å²) in [7, 11) is 0. The molecule has 0 spiro atoms. The number of amides is 1. The number of nitrogens with one attached hydrogen (secondary N) is 3. The molecule has 0 radical (unpaired) electrons. The van der Waals surface area contributed by atoms with Gasteiger partial charge in [0.25, 0.3) is 11.6 Å². The van der Waals surface area contributed by atoms with E-state index in [1.165, 1.54) is 12.1 Å². The van der Waals surface area contributed by atoms with Gasteiger partial charge in [-0.1, -0.05) is 18.2 Å². The van der Waals surface area contributed by atoms with Crippen molar-refractivity contribution >= 4 is 39.6 Å². The first kappa shape index (κ1) is 17.3. The van der Waals surface area contributed by atoms with Crippen molar-refractivity contribution in [2.24, 2.45) is 0 Å². The highest BCUT2D eigenvalue weighted by Crippen LogP contribution is 2.24. The first-order valence-corrected chi connectivity index (χ1v) is 8.59. The van der Waals surface area contributed by atoms with Gasteiger partial charge >= 0.3 is 0 Å². The molecule has 7 heteroatoms. The molecule has 0 atom stereocenters. The second kappa shape index (κ2) is 7.24. The molecule has 3 N–H and O–H groups in total.